The van der Waals surface area contributed by atoms with Gasteiger partial charge in [-0.3, -0.25) is 0 Å². The first kappa shape index (κ1) is 24.6. The van der Waals surface area contributed by atoms with Gasteiger partial charge in [-0.1, -0.05) is 60.7 Å². The highest BCUT2D eigenvalue weighted by Crippen LogP contribution is 2.24. The largest absolute Gasteiger partial charge is 0.457 e. The van der Waals surface area contributed by atoms with Crippen molar-refractivity contribution in [3.63, 3.8) is 0 Å². The molecule has 0 aliphatic rings. The lowest BCUT2D eigenvalue weighted by Crippen LogP contribution is -2.23. The van der Waals surface area contributed by atoms with Crippen LogP contribution in [0.25, 0.3) is 0 Å². The lowest BCUT2D eigenvalue weighted by molar-refractivity contribution is 0.481. The van der Waals surface area contributed by atoms with Crippen LogP contribution < -0.4 is 14.2 Å². The van der Waals surface area contributed by atoms with E-state index in [-0.39, 0.29) is 22.9 Å². The summed E-state index contributed by atoms with van der Waals surface area (Å²) in [5, 5.41) is 0. The van der Waals surface area contributed by atoms with Crippen LogP contribution in [0.3, 0.4) is 0 Å². The Hall–Kier alpha value is -3.50. The van der Waals surface area contributed by atoms with E-state index in [4.69, 9.17) is 4.74 Å². The summed E-state index contributed by atoms with van der Waals surface area (Å²) >= 11 is 0. The molecule has 0 atom stereocenters. The van der Waals surface area contributed by atoms with Crippen LogP contribution in [-0.4, -0.2) is 16.8 Å². The second-order valence-electron chi connectivity index (χ2n) is 7.67. The Morgan fingerprint density at radius 3 is 1.17 bits per heavy atom. The SMILES string of the molecule is O=S(=O)(NCc1ccccc1)c1ccc(Oc2ccc(S(=O)(=O)NCc3ccccc3)cc2)cc1. The van der Waals surface area contributed by atoms with E-state index in [1.165, 1.54) is 24.3 Å². The second-order valence-corrected chi connectivity index (χ2v) is 11.2. The average Bonchev–Trinajstić information content (AvgIpc) is 2.88. The summed E-state index contributed by atoms with van der Waals surface area (Å²) in [4.78, 5) is 0.235. The van der Waals surface area contributed by atoms with E-state index >= 15 is 0 Å². The predicted molar refractivity (Wildman–Crippen MR) is 134 cm³/mol. The Kier molecular flexibility index (Phi) is 7.62. The highest BCUT2D eigenvalue weighted by Gasteiger charge is 2.15. The van der Waals surface area contributed by atoms with Gasteiger partial charge >= 0.3 is 0 Å². The second kappa shape index (κ2) is 10.8. The van der Waals surface area contributed by atoms with Crippen molar-refractivity contribution in [3.05, 3.63) is 120 Å². The minimum absolute atomic E-state index is 0.117. The lowest BCUT2D eigenvalue weighted by Gasteiger charge is -2.10. The Morgan fingerprint density at radius 1 is 0.486 bits per heavy atom. The van der Waals surface area contributed by atoms with Crippen molar-refractivity contribution in [2.24, 2.45) is 0 Å². The van der Waals surface area contributed by atoms with E-state index in [0.29, 0.717) is 11.5 Å². The molecule has 2 N–H and O–H groups in total. The maximum atomic E-state index is 12.5. The van der Waals surface area contributed by atoms with Crippen molar-refractivity contribution in [1.29, 1.82) is 0 Å². The van der Waals surface area contributed by atoms with Gasteiger partial charge in [-0.2, -0.15) is 0 Å². The molecule has 0 fully saturated rings. The van der Waals surface area contributed by atoms with Gasteiger partial charge in [0.1, 0.15) is 11.5 Å². The highest BCUT2D eigenvalue weighted by atomic mass is 32.2. The maximum absolute atomic E-state index is 12.5. The van der Waals surface area contributed by atoms with E-state index in [2.05, 4.69) is 9.44 Å². The van der Waals surface area contributed by atoms with Crippen LogP contribution >= 0.6 is 0 Å². The average molecular weight is 509 g/mol. The Bertz CT molecular complexity index is 1340. The van der Waals surface area contributed by atoms with Gasteiger partial charge in [-0.25, -0.2) is 26.3 Å². The standard InChI is InChI=1S/C26H24N2O5S2/c29-34(30,27-19-21-7-3-1-4-8-21)25-15-11-23(12-16-25)33-24-13-17-26(18-14-24)35(31,32)28-20-22-9-5-2-6-10-22/h1-18,27-28H,19-20H2. The number of ether oxygens (including phenoxy) is 1. The molecule has 0 spiro atoms. The van der Waals surface area contributed by atoms with Gasteiger partial charge in [0.2, 0.25) is 20.0 Å². The first-order chi connectivity index (χ1) is 16.8. The third kappa shape index (κ3) is 6.77. The molecule has 0 amide bonds. The molecule has 0 saturated heterocycles. The molecule has 0 heterocycles. The van der Waals surface area contributed by atoms with Gasteiger partial charge in [-0.05, 0) is 59.7 Å². The van der Waals surface area contributed by atoms with Gasteiger partial charge in [0.05, 0.1) is 9.79 Å². The quantitative estimate of drug-likeness (QED) is 0.330. The van der Waals surface area contributed by atoms with E-state index in [1.54, 1.807) is 24.3 Å². The number of hydrogen-bond donors (Lipinski definition) is 2. The molecule has 0 aromatic heterocycles. The van der Waals surface area contributed by atoms with E-state index in [1.807, 2.05) is 60.7 Å². The molecular weight excluding hydrogens is 484 g/mol. The molecule has 4 rings (SSSR count). The third-order valence-electron chi connectivity index (χ3n) is 5.12. The third-order valence-corrected chi connectivity index (χ3v) is 7.96. The summed E-state index contributed by atoms with van der Waals surface area (Å²) in [6.07, 6.45) is 0. The fourth-order valence-electron chi connectivity index (χ4n) is 3.22. The molecule has 0 unspecified atom stereocenters. The van der Waals surface area contributed by atoms with Crippen molar-refractivity contribution in [2.75, 3.05) is 0 Å². The fraction of sp³-hybridized carbons (Fsp3) is 0.0769. The van der Waals surface area contributed by atoms with Gasteiger partial charge < -0.3 is 4.74 Å². The highest BCUT2D eigenvalue weighted by molar-refractivity contribution is 7.89. The van der Waals surface area contributed by atoms with Gasteiger partial charge in [0.25, 0.3) is 0 Å². The number of hydrogen-bond acceptors (Lipinski definition) is 5. The van der Waals surface area contributed by atoms with Crippen LogP contribution in [0.5, 0.6) is 11.5 Å². The molecule has 0 aliphatic heterocycles. The van der Waals surface area contributed by atoms with Crippen LogP contribution in [-0.2, 0) is 33.1 Å². The van der Waals surface area contributed by atoms with Crippen molar-refractivity contribution in [3.8, 4) is 11.5 Å². The molecule has 180 valence electrons. The van der Waals surface area contributed by atoms with Crippen molar-refractivity contribution in [1.82, 2.24) is 9.44 Å². The Balaban J connectivity index is 1.36. The van der Waals surface area contributed by atoms with Crippen molar-refractivity contribution >= 4 is 20.0 Å². The number of benzene rings is 4. The number of rotatable bonds is 10. The van der Waals surface area contributed by atoms with Crippen LogP contribution in [0.1, 0.15) is 11.1 Å². The first-order valence-electron chi connectivity index (χ1n) is 10.8. The molecule has 35 heavy (non-hydrogen) atoms. The van der Waals surface area contributed by atoms with Crippen LogP contribution in [0.4, 0.5) is 0 Å². The monoisotopic (exact) mass is 508 g/mol. The molecule has 9 heteroatoms. The van der Waals surface area contributed by atoms with Gasteiger partial charge in [0.15, 0.2) is 0 Å². The smallest absolute Gasteiger partial charge is 0.240 e. The number of nitrogens with one attached hydrogen (secondary N) is 2. The Labute approximate surface area is 205 Å². The molecule has 4 aromatic carbocycles. The zero-order valence-electron chi connectivity index (χ0n) is 18.7. The summed E-state index contributed by atoms with van der Waals surface area (Å²) < 4.78 is 61.0. The minimum atomic E-state index is -3.67. The zero-order chi connectivity index (χ0) is 24.7. The fourth-order valence-corrected chi connectivity index (χ4v) is 5.26. The summed E-state index contributed by atoms with van der Waals surface area (Å²) in [5.41, 5.74) is 1.72. The topological polar surface area (TPSA) is 102 Å². The Morgan fingerprint density at radius 2 is 0.829 bits per heavy atom. The molecule has 0 saturated carbocycles. The zero-order valence-corrected chi connectivity index (χ0v) is 20.3. The molecule has 0 aliphatic carbocycles. The molecule has 0 radical (unpaired) electrons. The van der Waals surface area contributed by atoms with Crippen LogP contribution in [0.2, 0.25) is 0 Å². The van der Waals surface area contributed by atoms with E-state index in [9.17, 15) is 16.8 Å². The van der Waals surface area contributed by atoms with E-state index in [0.717, 1.165) is 11.1 Å². The molecule has 7 nitrogen and oxygen atoms in total. The predicted octanol–water partition coefficient (Wildman–Crippen LogP) is 4.44. The minimum Gasteiger partial charge on any atom is -0.457 e. The summed E-state index contributed by atoms with van der Waals surface area (Å²) in [7, 11) is -7.35. The van der Waals surface area contributed by atoms with E-state index < -0.39 is 20.0 Å². The molecule has 0 bridgehead atoms. The van der Waals surface area contributed by atoms with Crippen molar-refractivity contribution < 1.29 is 21.6 Å². The van der Waals surface area contributed by atoms with Gasteiger partial charge in [-0.15, -0.1) is 0 Å². The van der Waals surface area contributed by atoms with Crippen LogP contribution in [0.15, 0.2) is 119 Å². The maximum Gasteiger partial charge on any atom is 0.240 e. The summed E-state index contributed by atoms with van der Waals surface area (Å²) in [6.45, 7) is 0.383. The molecular formula is C26H24N2O5S2. The van der Waals surface area contributed by atoms with Gasteiger partial charge in [0, 0.05) is 13.1 Å². The number of sulfonamides is 2. The molecule has 4 aromatic rings. The first-order valence-corrected chi connectivity index (χ1v) is 13.7. The summed E-state index contributed by atoms with van der Waals surface area (Å²) in [6, 6.07) is 30.5. The van der Waals surface area contributed by atoms with Crippen molar-refractivity contribution in [2.45, 2.75) is 22.9 Å². The van der Waals surface area contributed by atoms with Crippen LogP contribution in [0, 0.1) is 0 Å². The normalized spacial score (nSPS) is 11.8. The lowest BCUT2D eigenvalue weighted by atomic mass is 10.2. The summed E-state index contributed by atoms with van der Waals surface area (Å²) in [5.74, 6) is 0.842.